The molecule has 1 atom stereocenters. The van der Waals surface area contributed by atoms with Gasteiger partial charge in [0.1, 0.15) is 5.75 Å². The Morgan fingerprint density at radius 1 is 1.33 bits per heavy atom. The number of nitrogens with one attached hydrogen (secondary N) is 1. The molecule has 1 aromatic carbocycles. The van der Waals surface area contributed by atoms with E-state index in [0.29, 0.717) is 11.7 Å². The van der Waals surface area contributed by atoms with Crippen molar-refractivity contribution >= 4 is 0 Å². The summed E-state index contributed by atoms with van der Waals surface area (Å²) < 4.78 is 0. The van der Waals surface area contributed by atoms with Crippen LogP contribution in [0.4, 0.5) is 0 Å². The number of rotatable bonds is 2. The van der Waals surface area contributed by atoms with Crippen LogP contribution in [0.25, 0.3) is 0 Å². The molecule has 2 rings (SSSR count). The fourth-order valence-electron chi connectivity index (χ4n) is 2.22. The molecule has 1 aromatic rings. The van der Waals surface area contributed by atoms with Crippen LogP contribution in [0.2, 0.25) is 0 Å². The molecule has 1 heterocycles. The molecule has 0 bridgehead atoms. The second-order valence-corrected chi connectivity index (χ2v) is 4.63. The van der Waals surface area contributed by atoms with Gasteiger partial charge in [0, 0.05) is 0 Å². The van der Waals surface area contributed by atoms with Gasteiger partial charge >= 0.3 is 0 Å². The first-order chi connectivity index (χ1) is 7.16. The summed E-state index contributed by atoms with van der Waals surface area (Å²) in [5, 5.41) is 13.2. The molecule has 1 unspecified atom stereocenters. The van der Waals surface area contributed by atoms with Gasteiger partial charge in [0.25, 0.3) is 0 Å². The van der Waals surface area contributed by atoms with Crippen molar-refractivity contribution in [3.63, 3.8) is 0 Å². The van der Waals surface area contributed by atoms with Gasteiger partial charge in [-0.1, -0.05) is 6.07 Å². The third kappa shape index (κ3) is 2.32. The lowest BCUT2D eigenvalue weighted by Gasteiger charge is -2.12. The van der Waals surface area contributed by atoms with Crippen molar-refractivity contribution in [2.24, 2.45) is 5.92 Å². The summed E-state index contributed by atoms with van der Waals surface area (Å²) in [6, 6.07) is 4.01. The zero-order valence-corrected chi connectivity index (χ0v) is 9.51. The number of phenols is 1. The van der Waals surface area contributed by atoms with Gasteiger partial charge < -0.3 is 10.4 Å². The van der Waals surface area contributed by atoms with E-state index in [1.807, 2.05) is 13.0 Å². The fraction of sp³-hybridized carbons (Fsp3) is 0.538. The average Bonchev–Trinajstić information content (AvgIpc) is 2.67. The summed E-state index contributed by atoms with van der Waals surface area (Å²) in [4.78, 5) is 0. The van der Waals surface area contributed by atoms with Crippen LogP contribution in [0.5, 0.6) is 5.75 Å². The molecule has 2 nitrogen and oxygen atoms in total. The van der Waals surface area contributed by atoms with Crippen LogP contribution in [-0.2, 0) is 6.42 Å². The van der Waals surface area contributed by atoms with Gasteiger partial charge in [-0.05, 0) is 68.5 Å². The van der Waals surface area contributed by atoms with E-state index in [4.69, 9.17) is 0 Å². The van der Waals surface area contributed by atoms with Crippen molar-refractivity contribution in [1.82, 2.24) is 5.32 Å². The largest absolute Gasteiger partial charge is 0.508 e. The van der Waals surface area contributed by atoms with Crippen molar-refractivity contribution < 1.29 is 5.11 Å². The van der Waals surface area contributed by atoms with Crippen LogP contribution in [0.3, 0.4) is 0 Å². The van der Waals surface area contributed by atoms with Crippen molar-refractivity contribution in [2.45, 2.75) is 26.7 Å². The summed E-state index contributed by atoms with van der Waals surface area (Å²) in [5.74, 6) is 1.16. The van der Waals surface area contributed by atoms with Gasteiger partial charge in [-0.3, -0.25) is 0 Å². The minimum Gasteiger partial charge on any atom is -0.508 e. The van der Waals surface area contributed by atoms with E-state index in [1.54, 1.807) is 0 Å². The quantitative estimate of drug-likeness (QED) is 0.775. The van der Waals surface area contributed by atoms with E-state index in [1.165, 1.54) is 17.5 Å². The Balaban J connectivity index is 2.16. The first-order valence-electron chi connectivity index (χ1n) is 5.66. The minimum absolute atomic E-state index is 0.463. The molecular formula is C13H19NO. The maximum absolute atomic E-state index is 9.86. The van der Waals surface area contributed by atoms with Gasteiger partial charge in [0.15, 0.2) is 0 Å². The SMILES string of the molecule is Cc1cc(O)c(CC2CCNC2)cc1C. The first kappa shape index (κ1) is 10.5. The molecule has 1 aliphatic rings. The molecular weight excluding hydrogens is 186 g/mol. The predicted octanol–water partition coefficient (Wildman–Crippen LogP) is 2.16. The summed E-state index contributed by atoms with van der Waals surface area (Å²) in [6.07, 6.45) is 2.23. The Morgan fingerprint density at radius 2 is 2.07 bits per heavy atom. The van der Waals surface area contributed by atoms with Crippen molar-refractivity contribution in [2.75, 3.05) is 13.1 Å². The lowest BCUT2D eigenvalue weighted by Crippen LogP contribution is -2.11. The van der Waals surface area contributed by atoms with Gasteiger partial charge in [0.05, 0.1) is 0 Å². The molecule has 0 saturated carbocycles. The van der Waals surface area contributed by atoms with Gasteiger partial charge in [-0.25, -0.2) is 0 Å². The second kappa shape index (κ2) is 4.23. The Hall–Kier alpha value is -1.02. The lowest BCUT2D eigenvalue weighted by molar-refractivity contribution is 0.458. The van der Waals surface area contributed by atoms with Crippen LogP contribution in [0.1, 0.15) is 23.1 Å². The molecule has 2 heteroatoms. The number of hydrogen-bond donors (Lipinski definition) is 2. The van der Waals surface area contributed by atoms with Gasteiger partial charge in [0.2, 0.25) is 0 Å². The standard InChI is InChI=1S/C13H19NO/c1-9-5-12(13(15)6-10(9)2)7-11-3-4-14-8-11/h5-6,11,14-15H,3-4,7-8H2,1-2H3. The number of hydrogen-bond acceptors (Lipinski definition) is 2. The van der Waals surface area contributed by atoms with Crippen molar-refractivity contribution in [3.8, 4) is 5.75 Å². The number of aryl methyl sites for hydroxylation is 2. The highest BCUT2D eigenvalue weighted by atomic mass is 16.3. The molecule has 82 valence electrons. The maximum atomic E-state index is 9.86. The molecule has 0 amide bonds. The highest BCUT2D eigenvalue weighted by molar-refractivity contribution is 5.41. The number of aromatic hydroxyl groups is 1. The first-order valence-corrected chi connectivity index (χ1v) is 5.66. The van der Waals surface area contributed by atoms with Gasteiger partial charge in [-0.15, -0.1) is 0 Å². The highest BCUT2D eigenvalue weighted by Crippen LogP contribution is 2.26. The predicted molar refractivity (Wildman–Crippen MR) is 62.3 cm³/mol. The summed E-state index contributed by atoms with van der Waals surface area (Å²) in [5.41, 5.74) is 3.54. The zero-order valence-electron chi connectivity index (χ0n) is 9.51. The molecule has 0 aliphatic carbocycles. The highest BCUT2D eigenvalue weighted by Gasteiger charge is 2.16. The van der Waals surface area contributed by atoms with E-state index >= 15 is 0 Å². The van der Waals surface area contributed by atoms with Crippen LogP contribution in [0.15, 0.2) is 12.1 Å². The zero-order chi connectivity index (χ0) is 10.8. The number of phenolic OH excluding ortho intramolecular Hbond substituents is 1. The molecule has 15 heavy (non-hydrogen) atoms. The molecule has 0 spiro atoms. The normalized spacial score (nSPS) is 20.8. The minimum atomic E-state index is 0.463. The fourth-order valence-corrected chi connectivity index (χ4v) is 2.22. The van der Waals surface area contributed by atoms with Crippen LogP contribution in [-0.4, -0.2) is 18.2 Å². The summed E-state index contributed by atoms with van der Waals surface area (Å²) >= 11 is 0. The molecule has 2 N–H and O–H groups in total. The van der Waals surface area contributed by atoms with E-state index in [-0.39, 0.29) is 0 Å². The Kier molecular flexibility index (Phi) is 2.96. The number of benzene rings is 1. The Bertz CT molecular complexity index is 354. The van der Waals surface area contributed by atoms with Gasteiger partial charge in [-0.2, -0.15) is 0 Å². The monoisotopic (exact) mass is 205 g/mol. The third-order valence-electron chi connectivity index (χ3n) is 3.37. The topological polar surface area (TPSA) is 32.3 Å². The van der Waals surface area contributed by atoms with E-state index in [9.17, 15) is 5.11 Å². The molecule has 1 fully saturated rings. The van der Waals surface area contributed by atoms with Crippen LogP contribution in [0, 0.1) is 19.8 Å². The van der Waals surface area contributed by atoms with Crippen molar-refractivity contribution in [1.29, 1.82) is 0 Å². The van der Waals surface area contributed by atoms with E-state index in [2.05, 4.69) is 18.3 Å². The van der Waals surface area contributed by atoms with Crippen LogP contribution >= 0.6 is 0 Å². The third-order valence-corrected chi connectivity index (χ3v) is 3.37. The lowest BCUT2D eigenvalue weighted by atomic mass is 9.95. The molecule has 0 radical (unpaired) electrons. The van der Waals surface area contributed by atoms with E-state index in [0.717, 1.165) is 25.1 Å². The Labute approximate surface area is 91.3 Å². The molecule has 0 aromatic heterocycles. The summed E-state index contributed by atoms with van der Waals surface area (Å²) in [7, 11) is 0. The average molecular weight is 205 g/mol. The second-order valence-electron chi connectivity index (χ2n) is 4.63. The smallest absolute Gasteiger partial charge is 0.119 e. The molecule has 1 saturated heterocycles. The van der Waals surface area contributed by atoms with Crippen LogP contribution < -0.4 is 5.32 Å². The Morgan fingerprint density at radius 3 is 2.73 bits per heavy atom. The summed E-state index contributed by atoms with van der Waals surface area (Å²) in [6.45, 7) is 6.35. The molecule has 1 aliphatic heterocycles. The maximum Gasteiger partial charge on any atom is 0.119 e. The van der Waals surface area contributed by atoms with Crippen molar-refractivity contribution in [3.05, 3.63) is 28.8 Å². The van der Waals surface area contributed by atoms with E-state index < -0.39 is 0 Å².